The van der Waals surface area contributed by atoms with E-state index in [0.29, 0.717) is 28.7 Å². The van der Waals surface area contributed by atoms with E-state index in [-0.39, 0.29) is 6.01 Å². The zero-order valence-corrected chi connectivity index (χ0v) is 15.7. The molecule has 0 aliphatic heterocycles. The number of methoxy groups -OCH3 is 3. The average Bonchev–Trinajstić information content (AvgIpc) is 3.37. The summed E-state index contributed by atoms with van der Waals surface area (Å²) in [7, 11) is 4.58. The quantitative estimate of drug-likeness (QED) is 0.620. The summed E-state index contributed by atoms with van der Waals surface area (Å²) < 4.78 is 21.3. The van der Waals surface area contributed by atoms with Crippen molar-refractivity contribution >= 4 is 29.3 Å². The molecule has 1 aromatic carbocycles. The molecule has 0 saturated carbocycles. The number of hydrogen-bond acceptors (Lipinski definition) is 8. The van der Waals surface area contributed by atoms with Gasteiger partial charge in [-0.3, -0.25) is 10.1 Å². The maximum atomic E-state index is 12.1. The highest BCUT2D eigenvalue weighted by Gasteiger charge is 2.13. The zero-order chi connectivity index (χ0) is 19.2. The van der Waals surface area contributed by atoms with Crippen molar-refractivity contribution in [2.75, 3.05) is 26.6 Å². The van der Waals surface area contributed by atoms with Crippen LogP contribution in [-0.2, 0) is 4.79 Å². The maximum Gasteiger partial charge on any atom is 0.322 e. The van der Waals surface area contributed by atoms with Gasteiger partial charge in [0.2, 0.25) is 5.75 Å². The van der Waals surface area contributed by atoms with Crippen molar-refractivity contribution in [1.29, 1.82) is 0 Å². The average molecular weight is 387 g/mol. The van der Waals surface area contributed by atoms with Gasteiger partial charge in [-0.15, -0.1) is 5.10 Å². The van der Waals surface area contributed by atoms with E-state index in [1.807, 2.05) is 16.8 Å². The smallest absolute Gasteiger partial charge is 0.322 e. The van der Waals surface area contributed by atoms with Gasteiger partial charge in [-0.05, 0) is 35.2 Å². The number of ether oxygens (including phenoxy) is 3. The third-order valence-corrected chi connectivity index (χ3v) is 4.22. The maximum absolute atomic E-state index is 12.1. The molecule has 9 heteroatoms. The molecular weight excluding hydrogens is 370 g/mol. The van der Waals surface area contributed by atoms with E-state index in [9.17, 15) is 4.79 Å². The number of carbonyl (C=O) groups is 1. The van der Waals surface area contributed by atoms with E-state index in [1.54, 1.807) is 18.2 Å². The summed E-state index contributed by atoms with van der Waals surface area (Å²) >= 11 is 1.52. The molecule has 0 aliphatic carbocycles. The molecular formula is C18H17N3O5S. The molecule has 0 spiro atoms. The first-order valence-corrected chi connectivity index (χ1v) is 8.74. The second-order valence-corrected chi connectivity index (χ2v) is 5.99. The first-order valence-electron chi connectivity index (χ1n) is 7.79. The SMILES string of the molecule is COc1cc(C=CC(=O)Nc2nnc(-c3ccsc3)o2)cc(OC)c1OC. The van der Waals surface area contributed by atoms with Crippen LogP contribution in [0.4, 0.5) is 6.01 Å². The van der Waals surface area contributed by atoms with E-state index in [4.69, 9.17) is 18.6 Å². The largest absolute Gasteiger partial charge is 0.493 e. The minimum atomic E-state index is -0.413. The van der Waals surface area contributed by atoms with Crippen LogP contribution in [0.3, 0.4) is 0 Å². The number of anilines is 1. The summed E-state index contributed by atoms with van der Waals surface area (Å²) in [5, 5.41) is 14.0. The number of carbonyl (C=O) groups excluding carboxylic acids is 1. The third-order valence-electron chi connectivity index (χ3n) is 3.54. The van der Waals surface area contributed by atoms with Gasteiger partial charge in [0.15, 0.2) is 11.5 Å². The standard InChI is InChI=1S/C18H17N3O5S/c1-23-13-8-11(9-14(24-2)16(13)25-3)4-5-15(22)19-18-21-20-17(26-18)12-6-7-27-10-12/h4-10H,1-3H3,(H,19,21,22). The lowest BCUT2D eigenvalue weighted by atomic mass is 10.1. The van der Waals surface area contributed by atoms with Gasteiger partial charge in [0.05, 0.1) is 21.3 Å². The Morgan fingerprint density at radius 2 is 1.89 bits per heavy atom. The molecule has 27 heavy (non-hydrogen) atoms. The predicted molar refractivity (Wildman–Crippen MR) is 101 cm³/mol. The molecule has 8 nitrogen and oxygen atoms in total. The van der Waals surface area contributed by atoms with Crippen molar-refractivity contribution < 1.29 is 23.4 Å². The second-order valence-electron chi connectivity index (χ2n) is 5.21. The van der Waals surface area contributed by atoms with Crippen LogP contribution in [-0.4, -0.2) is 37.4 Å². The van der Waals surface area contributed by atoms with Gasteiger partial charge < -0.3 is 18.6 Å². The van der Waals surface area contributed by atoms with Crippen molar-refractivity contribution in [3.63, 3.8) is 0 Å². The van der Waals surface area contributed by atoms with Gasteiger partial charge in [0.25, 0.3) is 11.8 Å². The zero-order valence-electron chi connectivity index (χ0n) is 14.9. The Labute approximate surface area is 159 Å². The fourth-order valence-corrected chi connectivity index (χ4v) is 2.92. The molecule has 0 radical (unpaired) electrons. The minimum Gasteiger partial charge on any atom is -0.493 e. The summed E-state index contributed by atoms with van der Waals surface area (Å²) in [6.45, 7) is 0. The monoisotopic (exact) mass is 387 g/mol. The number of aromatic nitrogens is 2. The molecule has 3 aromatic rings. The summed E-state index contributed by atoms with van der Waals surface area (Å²) in [6.07, 6.45) is 2.95. The number of nitrogens with one attached hydrogen (secondary N) is 1. The molecule has 3 rings (SSSR count). The molecule has 2 heterocycles. The molecule has 0 aliphatic rings. The van der Waals surface area contributed by atoms with Crippen LogP contribution in [0.2, 0.25) is 0 Å². The first kappa shape index (κ1) is 18.5. The van der Waals surface area contributed by atoms with Crippen LogP contribution in [0, 0.1) is 0 Å². The molecule has 0 atom stereocenters. The second kappa shape index (κ2) is 8.37. The van der Waals surface area contributed by atoms with Gasteiger partial charge >= 0.3 is 6.01 Å². The summed E-state index contributed by atoms with van der Waals surface area (Å²) in [6, 6.07) is 5.34. The first-order chi connectivity index (χ1) is 13.1. The third kappa shape index (κ3) is 4.26. The molecule has 140 valence electrons. The minimum absolute atomic E-state index is 0.0238. The van der Waals surface area contributed by atoms with E-state index < -0.39 is 5.91 Å². The van der Waals surface area contributed by atoms with E-state index in [1.165, 1.54) is 38.7 Å². The van der Waals surface area contributed by atoms with Crippen LogP contribution in [0.5, 0.6) is 17.2 Å². The number of amides is 1. The Hall–Kier alpha value is -3.33. The molecule has 2 aromatic heterocycles. The van der Waals surface area contributed by atoms with Crippen molar-refractivity contribution in [3.05, 3.63) is 40.6 Å². The van der Waals surface area contributed by atoms with Crippen LogP contribution >= 0.6 is 11.3 Å². The molecule has 0 bridgehead atoms. The lowest BCUT2D eigenvalue weighted by molar-refractivity contribution is -0.112. The topological polar surface area (TPSA) is 95.7 Å². The fourth-order valence-electron chi connectivity index (χ4n) is 2.29. The highest BCUT2D eigenvalue weighted by atomic mass is 32.1. The Morgan fingerprint density at radius 3 is 2.48 bits per heavy atom. The predicted octanol–water partition coefficient (Wildman–Crippen LogP) is 3.48. The number of hydrogen-bond donors (Lipinski definition) is 1. The van der Waals surface area contributed by atoms with Crippen molar-refractivity contribution in [1.82, 2.24) is 10.2 Å². The Kier molecular flexibility index (Phi) is 5.72. The highest BCUT2D eigenvalue weighted by Crippen LogP contribution is 2.38. The number of rotatable bonds is 7. The van der Waals surface area contributed by atoms with Crippen LogP contribution in [0.15, 0.2) is 39.5 Å². The van der Waals surface area contributed by atoms with Crippen LogP contribution in [0.1, 0.15) is 5.56 Å². The van der Waals surface area contributed by atoms with Crippen LogP contribution in [0.25, 0.3) is 17.5 Å². The summed E-state index contributed by atoms with van der Waals surface area (Å²) in [4.78, 5) is 12.1. The highest BCUT2D eigenvalue weighted by molar-refractivity contribution is 7.08. The Morgan fingerprint density at radius 1 is 1.15 bits per heavy atom. The number of thiophene rings is 1. The molecule has 1 amide bonds. The number of nitrogens with zero attached hydrogens (tertiary/aromatic N) is 2. The Balaban J connectivity index is 1.71. The normalized spacial score (nSPS) is 10.8. The van der Waals surface area contributed by atoms with Gasteiger partial charge in [0, 0.05) is 17.0 Å². The Bertz CT molecular complexity index is 925. The fraction of sp³-hybridized carbons (Fsp3) is 0.167. The molecule has 1 N–H and O–H groups in total. The lowest BCUT2D eigenvalue weighted by Crippen LogP contribution is -2.07. The van der Waals surface area contributed by atoms with E-state index in [0.717, 1.165) is 5.56 Å². The van der Waals surface area contributed by atoms with E-state index in [2.05, 4.69) is 15.5 Å². The van der Waals surface area contributed by atoms with Crippen LogP contribution < -0.4 is 19.5 Å². The molecule has 0 unspecified atom stereocenters. The van der Waals surface area contributed by atoms with Gasteiger partial charge in [-0.25, -0.2) is 0 Å². The summed E-state index contributed by atoms with van der Waals surface area (Å²) in [5.41, 5.74) is 1.50. The summed E-state index contributed by atoms with van der Waals surface area (Å²) in [5.74, 6) is 1.40. The van der Waals surface area contributed by atoms with Crippen molar-refractivity contribution in [2.45, 2.75) is 0 Å². The van der Waals surface area contributed by atoms with Gasteiger partial charge in [0.1, 0.15) is 0 Å². The number of benzene rings is 1. The van der Waals surface area contributed by atoms with E-state index >= 15 is 0 Å². The molecule has 0 fully saturated rings. The van der Waals surface area contributed by atoms with Crippen molar-refractivity contribution in [3.8, 4) is 28.7 Å². The lowest BCUT2D eigenvalue weighted by Gasteiger charge is -2.12. The van der Waals surface area contributed by atoms with Crippen molar-refractivity contribution in [2.24, 2.45) is 0 Å². The molecule has 0 saturated heterocycles. The van der Waals surface area contributed by atoms with Gasteiger partial charge in [-0.1, -0.05) is 5.10 Å². The van der Waals surface area contributed by atoms with Gasteiger partial charge in [-0.2, -0.15) is 11.3 Å².